The molecule has 4 rings (SSSR count). The van der Waals surface area contributed by atoms with Crippen LogP contribution < -0.4 is 11.1 Å². The van der Waals surface area contributed by atoms with Crippen LogP contribution in [0.15, 0.2) is 80.0 Å². The molecule has 6 nitrogen and oxygen atoms in total. The average molecular weight is 441 g/mol. The zero-order chi connectivity index (χ0) is 21.7. The molecule has 0 aliphatic heterocycles. The second-order valence-electron chi connectivity index (χ2n) is 6.59. The van der Waals surface area contributed by atoms with Crippen molar-refractivity contribution in [1.29, 1.82) is 0 Å². The molecule has 2 aromatic heterocycles. The highest BCUT2D eigenvalue weighted by Gasteiger charge is 2.03. The Morgan fingerprint density at radius 2 is 0.967 bits per heavy atom. The maximum Gasteiger partial charge on any atom is 0.266 e. The Hall–Kier alpha value is -2.84. The fourth-order valence-electron chi connectivity index (χ4n) is 2.81. The van der Waals surface area contributed by atoms with Crippen molar-refractivity contribution in [2.45, 2.75) is 9.79 Å². The van der Waals surface area contributed by atoms with E-state index in [-0.39, 0.29) is 11.1 Å². The quantitative estimate of drug-likeness (QED) is 0.466. The van der Waals surface area contributed by atoms with Crippen LogP contribution in [-0.4, -0.2) is 32.1 Å². The molecular formula is C22H24N4O2S2. The van der Waals surface area contributed by atoms with Gasteiger partial charge in [0.1, 0.15) is 0 Å². The van der Waals surface area contributed by atoms with Crippen LogP contribution in [0.25, 0.3) is 22.5 Å². The third kappa shape index (κ3) is 5.20. The van der Waals surface area contributed by atoms with E-state index in [0.29, 0.717) is 0 Å². The zero-order valence-corrected chi connectivity index (χ0v) is 18.9. The molecule has 0 saturated carbocycles. The lowest BCUT2D eigenvalue weighted by Crippen LogP contribution is -2.09. The summed E-state index contributed by atoms with van der Waals surface area (Å²) in [5.41, 5.74) is 3.75. The van der Waals surface area contributed by atoms with Crippen LogP contribution in [0.3, 0.4) is 0 Å². The summed E-state index contributed by atoms with van der Waals surface area (Å²) in [7, 11) is 3.42. The summed E-state index contributed by atoms with van der Waals surface area (Å²) in [4.78, 5) is 25.0. The Labute approximate surface area is 183 Å². The van der Waals surface area contributed by atoms with E-state index in [4.69, 9.17) is 0 Å². The Morgan fingerprint density at radius 1 is 0.633 bits per heavy atom. The fourth-order valence-corrected chi connectivity index (χ4v) is 3.63. The molecule has 0 amide bonds. The molecule has 0 bridgehead atoms. The molecule has 0 spiro atoms. The van der Waals surface area contributed by atoms with Gasteiger partial charge in [0, 0.05) is 36.0 Å². The number of aryl methyl sites for hydroxylation is 2. The van der Waals surface area contributed by atoms with Gasteiger partial charge >= 0.3 is 0 Å². The van der Waals surface area contributed by atoms with Gasteiger partial charge in [-0.05, 0) is 47.9 Å². The normalized spacial score (nSPS) is 10.5. The van der Waals surface area contributed by atoms with Crippen molar-refractivity contribution in [2.75, 3.05) is 12.5 Å². The van der Waals surface area contributed by atoms with E-state index in [1.807, 2.05) is 61.0 Å². The van der Waals surface area contributed by atoms with E-state index in [2.05, 4.69) is 10.2 Å². The molecule has 2 N–H and O–H groups in total. The lowest BCUT2D eigenvalue weighted by molar-refractivity contribution is 0.742. The van der Waals surface area contributed by atoms with E-state index in [9.17, 15) is 9.59 Å². The molecule has 0 radical (unpaired) electrons. The van der Waals surface area contributed by atoms with Crippen LogP contribution in [0, 0.1) is 0 Å². The first-order valence-corrected chi connectivity index (χ1v) is 11.7. The van der Waals surface area contributed by atoms with Crippen LogP contribution in [0.4, 0.5) is 0 Å². The first-order chi connectivity index (χ1) is 14.4. The van der Waals surface area contributed by atoms with Crippen LogP contribution in [0.1, 0.15) is 0 Å². The topological polar surface area (TPSA) is 75.6 Å². The molecule has 0 saturated heterocycles. The monoisotopic (exact) mass is 440 g/mol. The standard InChI is InChI=1S/2C11H12N2OS/c2*1-13-11(14)7-10(12-13)8-3-5-9(15-2)6-4-8/h2*3-7,12H,1-2H3. The highest BCUT2D eigenvalue weighted by molar-refractivity contribution is 7.98. The van der Waals surface area contributed by atoms with Crippen molar-refractivity contribution in [1.82, 2.24) is 19.6 Å². The summed E-state index contributed by atoms with van der Waals surface area (Å²) in [5.74, 6) is 0. The van der Waals surface area contributed by atoms with Crippen molar-refractivity contribution in [3.05, 3.63) is 81.4 Å². The number of aromatic nitrogens is 4. The molecule has 0 aliphatic carbocycles. The number of thioether (sulfide) groups is 2. The molecule has 4 aromatic rings. The highest BCUT2D eigenvalue weighted by atomic mass is 32.2. The molecule has 0 unspecified atom stereocenters. The summed E-state index contributed by atoms with van der Waals surface area (Å²) >= 11 is 3.41. The van der Waals surface area contributed by atoms with Crippen LogP contribution >= 0.6 is 23.5 Å². The second-order valence-corrected chi connectivity index (χ2v) is 8.35. The van der Waals surface area contributed by atoms with Gasteiger partial charge in [-0.15, -0.1) is 23.5 Å². The maximum absolute atomic E-state index is 11.3. The van der Waals surface area contributed by atoms with Gasteiger partial charge in [0.15, 0.2) is 0 Å². The molecule has 0 atom stereocenters. The minimum atomic E-state index is -0.0149. The Bertz CT molecular complexity index is 1120. The zero-order valence-electron chi connectivity index (χ0n) is 17.3. The van der Waals surface area contributed by atoms with E-state index in [0.717, 1.165) is 22.5 Å². The number of H-pyrrole nitrogens is 2. The van der Waals surface area contributed by atoms with Crippen molar-refractivity contribution in [2.24, 2.45) is 14.1 Å². The number of nitrogens with one attached hydrogen (secondary N) is 2. The minimum absolute atomic E-state index is 0.0149. The van der Waals surface area contributed by atoms with Gasteiger partial charge < -0.3 is 0 Å². The number of nitrogens with zero attached hydrogens (tertiary/aromatic N) is 2. The summed E-state index contributed by atoms with van der Waals surface area (Å²) in [6.45, 7) is 0. The van der Waals surface area contributed by atoms with Gasteiger partial charge in [-0.3, -0.25) is 29.2 Å². The second kappa shape index (κ2) is 9.77. The summed E-state index contributed by atoms with van der Waals surface area (Å²) in [6, 6.07) is 19.4. The van der Waals surface area contributed by atoms with Gasteiger partial charge in [0.05, 0.1) is 11.4 Å². The molecule has 2 heterocycles. The Balaban J connectivity index is 0.000000171. The summed E-state index contributed by atoms with van der Waals surface area (Å²) < 4.78 is 2.94. The van der Waals surface area contributed by atoms with E-state index in [1.54, 1.807) is 49.8 Å². The summed E-state index contributed by atoms with van der Waals surface area (Å²) in [5, 5.41) is 5.99. The highest BCUT2D eigenvalue weighted by Crippen LogP contribution is 2.21. The van der Waals surface area contributed by atoms with E-state index < -0.39 is 0 Å². The van der Waals surface area contributed by atoms with Crippen LogP contribution in [-0.2, 0) is 14.1 Å². The molecular weight excluding hydrogens is 416 g/mol. The number of hydrogen-bond acceptors (Lipinski definition) is 4. The first-order valence-electron chi connectivity index (χ1n) is 9.22. The largest absolute Gasteiger partial charge is 0.295 e. The third-order valence-corrected chi connectivity index (χ3v) is 6.06. The van der Waals surface area contributed by atoms with Crippen molar-refractivity contribution >= 4 is 23.5 Å². The SMILES string of the molecule is CSc1ccc(-c2cc(=O)n(C)[nH]2)cc1.CSc1ccc(-c2cc(=O)n(C)[nH]2)cc1. The predicted octanol–water partition coefficient (Wildman–Crippen LogP) is 4.20. The average Bonchev–Trinajstić information content (AvgIpc) is 3.29. The van der Waals surface area contributed by atoms with Gasteiger partial charge in [-0.2, -0.15) is 0 Å². The molecule has 156 valence electrons. The predicted molar refractivity (Wildman–Crippen MR) is 127 cm³/mol. The van der Waals surface area contributed by atoms with E-state index in [1.165, 1.54) is 19.2 Å². The first kappa shape index (κ1) is 21.9. The molecule has 2 aromatic carbocycles. The fraction of sp³-hybridized carbons (Fsp3) is 0.182. The molecule has 8 heteroatoms. The molecule has 0 fully saturated rings. The lowest BCUT2D eigenvalue weighted by Gasteiger charge is -1.99. The third-order valence-electron chi connectivity index (χ3n) is 4.58. The maximum atomic E-state index is 11.3. The van der Waals surface area contributed by atoms with Gasteiger partial charge in [-0.1, -0.05) is 24.3 Å². The van der Waals surface area contributed by atoms with Gasteiger partial charge in [0.25, 0.3) is 11.1 Å². The van der Waals surface area contributed by atoms with Gasteiger partial charge in [0.2, 0.25) is 0 Å². The van der Waals surface area contributed by atoms with Crippen LogP contribution in [0.5, 0.6) is 0 Å². The molecule has 0 aliphatic rings. The van der Waals surface area contributed by atoms with Gasteiger partial charge in [-0.25, -0.2) is 0 Å². The number of hydrogen-bond donors (Lipinski definition) is 2. The Kier molecular flexibility index (Phi) is 7.12. The lowest BCUT2D eigenvalue weighted by atomic mass is 10.2. The van der Waals surface area contributed by atoms with Crippen molar-refractivity contribution in [3.63, 3.8) is 0 Å². The molecule has 30 heavy (non-hydrogen) atoms. The minimum Gasteiger partial charge on any atom is -0.295 e. The smallest absolute Gasteiger partial charge is 0.266 e. The number of aromatic amines is 2. The van der Waals surface area contributed by atoms with E-state index >= 15 is 0 Å². The van der Waals surface area contributed by atoms with Crippen molar-refractivity contribution in [3.8, 4) is 22.5 Å². The number of rotatable bonds is 4. The Morgan fingerprint density at radius 3 is 1.20 bits per heavy atom. The van der Waals surface area contributed by atoms with Crippen LogP contribution in [0.2, 0.25) is 0 Å². The summed E-state index contributed by atoms with van der Waals surface area (Å²) in [6.07, 6.45) is 4.08. The van der Waals surface area contributed by atoms with Crippen molar-refractivity contribution < 1.29 is 0 Å². The number of benzene rings is 2.